The van der Waals surface area contributed by atoms with E-state index >= 15 is 0 Å². The Morgan fingerprint density at radius 2 is 1.57 bits per heavy atom. The Morgan fingerprint density at radius 1 is 1.04 bits per heavy atom. The third-order valence-electron chi connectivity index (χ3n) is 3.21. The minimum atomic E-state index is -3.61. The lowest BCUT2D eigenvalue weighted by Gasteiger charge is -2.09. The SMILES string of the molecule is Cn1c(=O)n(C)c(=O)n(CCCCS(=O)(=O)CC(=O)NN)c1=O. The van der Waals surface area contributed by atoms with E-state index in [4.69, 9.17) is 5.84 Å². The lowest BCUT2D eigenvalue weighted by molar-refractivity contribution is -0.118. The summed E-state index contributed by atoms with van der Waals surface area (Å²) in [5.41, 5.74) is -0.521. The van der Waals surface area contributed by atoms with Crippen LogP contribution in [0, 0.1) is 0 Å². The minimum Gasteiger partial charge on any atom is -0.293 e. The van der Waals surface area contributed by atoms with Gasteiger partial charge in [-0.15, -0.1) is 0 Å². The highest BCUT2D eigenvalue weighted by molar-refractivity contribution is 7.92. The maximum absolute atomic E-state index is 11.9. The van der Waals surface area contributed by atoms with Gasteiger partial charge in [-0.25, -0.2) is 42.3 Å². The predicted octanol–water partition coefficient (Wildman–Crippen LogP) is -3.57. The molecule has 0 atom stereocenters. The fourth-order valence-corrected chi connectivity index (χ4v) is 3.20. The van der Waals surface area contributed by atoms with Crippen molar-refractivity contribution >= 4 is 15.7 Å². The topological polar surface area (TPSA) is 155 Å². The smallest absolute Gasteiger partial charge is 0.293 e. The number of hydrogen-bond donors (Lipinski definition) is 2. The van der Waals surface area contributed by atoms with Crippen LogP contribution in [0.1, 0.15) is 12.8 Å². The molecule has 23 heavy (non-hydrogen) atoms. The monoisotopic (exact) mass is 349 g/mol. The fraction of sp³-hybridized carbons (Fsp3) is 0.636. The summed E-state index contributed by atoms with van der Waals surface area (Å²) in [6.45, 7) is -0.0295. The van der Waals surface area contributed by atoms with Gasteiger partial charge in [0.2, 0.25) is 5.91 Å². The molecule has 3 N–H and O–H groups in total. The first kappa shape index (κ1) is 18.8. The molecule has 0 saturated heterocycles. The van der Waals surface area contributed by atoms with Gasteiger partial charge in [0, 0.05) is 20.6 Å². The van der Waals surface area contributed by atoms with Gasteiger partial charge in [-0.2, -0.15) is 0 Å². The first-order chi connectivity index (χ1) is 10.6. The second kappa shape index (κ2) is 7.37. The van der Waals surface area contributed by atoms with Crippen molar-refractivity contribution in [2.45, 2.75) is 19.4 Å². The van der Waals surface area contributed by atoms with E-state index in [9.17, 15) is 27.6 Å². The zero-order valence-corrected chi connectivity index (χ0v) is 13.6. The van der Waals surface area contributed by atoms with E-state index in [0.29, 0.717) is 0 Å². The van der Waals surface area contributed by atoms with E-state index in [0.717, 1.165) is 13.7 Å². The predicted molar refractivity (Wildman–Crippen MR) is 81.4 cm³/mol. The van der Waals surface area contributed by atoms with Gasteiger partial charge in [0.1, 0.15) is 5.75 Å². The van der Waals surface area contributed by atoms with Crippen LogP contribution in [-0.2, 0) is 35.3 Å². The molecule has 1 heterocycles. The molecule has 1 rings (SSSR count). The van der Waals surface area contributed by atoms with Crippen LogP contribution < -0.4 is 28.3 Å². The summed E-state index contributed by atoms with van der Waals surface area (Å²) in [4.78, 5) is 46.2. The van der Waals surface area contributed by atoms with Gasteiger partial charge >= 0.3 is 17.1 Å². The van der Waals surface area contributed by atoms with Gasteiger partial charge < -0.3 is 0 Å². The third-order valence-corrected chi connectivity index (χ3v) is 4.82. The van der Waals surface area contributed by atoms with Crippen molar-refractivity contribution in [3.8, 4) is 0 Å². The maximum Gasteiger partial charge on any atom is 0.336 e. The van der Waals surface area contributed by atoms with Crippen LogP contribution >= 0.6 is 0 Å². The van der Waals surface area contributed by atoms with E-state index in [2.05, 4.69) is 0 Å². The lowest BCUT2D eigenvalue weighted by atomic mass is 10.3. The Hall–Kier alpha value is -2.21. The number of nitrogens with one attached hydrogen (secondary N) is 1. The largest absolute Gasteiger partial charge is 0.336 e. The van der Waals surface area contributed by atoms with Crippen LogP contribution in [0.3, 0.4) is 0 Å². The molecule has 0 radical (unpaired) electrons. The van der Waals surface area contributed by atoms with E-state index < -0.39 is 38.6 Å². The lowest BCUT2D eigenvalue weighted by Crippen LogP contribution is -2.52. The number of nitrogens with zero attached hydrogens (tertiary/aromatic N) is 3. The van der Waals surface area contributed by atoms with Gasteiger partial charge in [0.05, 0.1) is 5.75 Å². The highest BCUT2D eigenvalue weighted by atomic mass is 32.2. The molecule has 0 aliphatic carbocycles. The average molecular weight is 349 g/mol. The number of carbonyl (C=O) groups excluding carboxylic acids is 1. The highest BCUT2D eigenvalue weighted by Crippen LogP contribution is 1.98. The molecular weight excluding hydrogens is 330 g/mol. The number of aromatic nitrogens is 3. The molecule has 1 aromatic rings. The summed E-state index contributed by atoms with van der Waals surface area (Å²) in [6.07, 6.45) is 0.370. The first-order valence-corrected chi connectivity index (χ1v) is 8.49. The number of rotatable bonds is 7. The van der Waals surface area contributed by atoms with Crippen LogP contribution in [0.5, 0.6) is 0 Å². The molecule has 0 bridgehead atoms. The second-order valence-corrected chi connectivity index (χ2v) is 7.17. The molecule has 12 heteroatoms. The molecule has 0 unspecified atom stereocenters. The average Bonchev–Trinajstić information content (AvgIpc) is 2.49. The molecule has 0 saturated carbocycles. The Bertz CT molecular complexity index is 822. The molecular formula is C11H19N5O6S. The number of amides is 1. The number of unbranched alkanes of at least 4 members (excludes halogenated alkanes) is 1. The second-order valence-electron chi connectivity index (χ2n) is 4.98. The van der Waals surface area contributed by atoms with Crippen LogP contribution in [-0.4, -0.2) is 39.5 Å². The Morgan fingerprint density at radius 3 is 2.04 bits per heavy atom. The molecule has 130 valence electrons. The van der Waals surface area contributed by atoms with Crippen molar-refractivity contribution < 1.29 is 13.2 Å². The molecule has 0 fully saturated rings. The van der Waals surface area contributed by atoms with Crippen molar-refractivity contribution in [2.24, 2.45) is 19.9 Å². The Labute approximate surface area is 131 Å². The van der Waals surface area contributed by atoms with Gasteiger partial charge in [-0.1, -0.05) is 0 Å². The van der Waals surface area contributed by atoms with E-state index in [1.807, 2.05) is 0 Å². The van der Waals surface area contributed by atoms with Crippen molar-refractivity contribution in [3.63, 3.8) is 0 Å². The third kappa shape index (κ3) is 4.63. The summed E-state index contributed by atoms with van der Waals surface area (Å²) in [7, 11) is -1.12. The van der Waals surface area contributed by atoms with E-state index in [1.165, 1.54) is 14.1 Å². The van der Waals surface area contributed by atoms with E-state index in [-0.39, 0.29) is 25.1 Å². The normalized spacial score (nSPS) is 11.4. The summed E-state index contributed by atoms with van der Waals surface area (Å²) in [5, 5.41) is 0. The van der Waals surface area contributed by atoms with Crippen molar-refractivity contribution in [1.29, 1.82) is 0 Å². The number of carbonyl (C=O) groups is 1. The van der Waals surface area contributed by atoms with Gasteiger partial charge in [0.25, 0.3) is 0 Å². The molecule has 0 aromatic carbocycles. The number of sulfone groups is 1. The first-order valence-electron chi connectivity index (χ1n) is 6.67. The van der Waals surface area contributed by atoms with Gasteiger partial charge in [0.15, 0.2) is 9.84 Å². The van der Waals surface area contributed by atoms with Crippen molar-refractivity contribution in [1.82, 2.24) is 19.1 Å². The molecule has 0 aliphatic heterocycles. The Balaban J connectivity index is 2.75. The molecule has 1 aromatic heterocycles. The van der Waals surface area contributed by atoms with Crippen molar-refractivity contribution in [2.75, 3.05) is 11.5 Å². The molecule has 11 nitrogen and oxygen atoms in total. The standard InChI is InChI=1S/C11H19N5O6S/c1-14-9(18)15(2)11(20)16(10(14)19)5-3-4-6-23(21,22)7-8(17)13-12/h3-7,12H2,1-2H3,(H,13,17). The van der Waals surface area contributed by atoms with Crippen LogP contribution in [0.2, 0.25) is 0 Å². The quantitative estimate of drug-likeness (QED) is 0.223. The summed E-state index contributed by atoms with van der Waals surface area (Å²) in [6, 6.07) is 0. The maximum atomic E-state index is 11.9. The zero-order valence-electron chi connectivity index (χ0n) is 12.8. The van der Waals surface area contributed by atoms with Gasteiger partial charge in [-0.3, -0.25) is 10.2 Å². The Kier molecular flexibility index (Phi) is 6.04. The fourth-order valence-electron chi connectivity index (χ4n) is 1.93. The highest BCUT2D eigenvalue weighted by Gasteiger charge is 2.16. The number of hydrazine groups is 1. The number of nitrogens with two attached hydrogens (primary N) is 1. The molecule has 1 amide bonds. The zero-order chi connectivity index (χ0) is 17.8. The molecule has 0 aliphatic rings. The summed E-state index contributed by atoms with van der Waals surface area (Å²) >= 11 is 0. The van der Waals surface area contributed by atoms with E-state index in [1.54, 1.807) is 5.43 Å². The van der Waals surface area contributed by atoms with Crippen LogP contribution in [0.25, 0.3) is 0 Å². The molecule has 0 spiro atoms. The summed E-state index contributed by atoms with van der Waals surface area (Å²) < 4.78 is 25.7. The van der Waals surface area contributed by atoms with Crippen LogP contribution in [0.15, 0.2) is 14.4 Å². The van der Waals surface area contributed by atoms with Crippen molar-refractivity contribution in [3.05, 3.63) is 31.5 Å². The number of hydrogen-bond acceptors (Lipinski definition) is 7. The van der Waals surface area contributed by atoms with Gasteiger partial charge in [-0.05, 0) is 12.8 Å². The minimum absolute atomic E-state index is 0.0295. The van der Waals surface area contributed by atoms with Crippen LogP contribution in [0.4, 0.5) is 0 Å². The summed E-state index contributed by atoms with van der Waals surface area (Å²) in [5.74, 6) is 3.01.